The number of hydrogen-bond acceptors (Lipinski definition) is 4. The van der Waals surface area contributed by atoms with Gasteiger partial charge in [0.15, 0.2) is 0 Å². The number of nitrogens with one attached hydrogen (secondary N) is 1. The van der Waals surface area contributed by atoms with Crippen molar-refractivity contribution >= 4 is 21.8 Å². The van der Waals surface area contributed by atoms with Crippen LogP contribution in [0.15, 0.2) is 33.3 Å². The number of ether oxygens (including phenoxy) is 1. The van der Waals surface area contributed by atoms with Crippen LogP contribution >= 0.6 is 15.9 Å². The number of halogens is 1. The second-order valence-corrected chi connectivity index (χ2v) is 5.26. The van der Waals surface area contributed by atoms with Gasteiger partial charge in [-0.05, 0) is 32.0 Å². The average Bonchev–Trinajstić information content (AvgIpc) is 2.85. The molecule has 1 N–H and O–H groups in total. The molecule has 0 spiro atoms. The highest BCUT2D eigenvalue weighted by Crippen LogP contribution is 2.24. The molecule has 0 saturated heterocycles. The summed E-state index contributed by atoms with van der Waals surface area (Å²) in [7, 11) is 1.53. The van der Waals surface area contributed by atoms with E-state index >= 15 is 0 Å². The summed E-state index contributed by atoms with van der Waals surface area (Å²) in [5, 5.41) is 2.83. The Morgan fingerprint density at radius 2 is 2.25 bits per heavy atom. The second-order valence-electron chi connectivity index (χ2n) is 4.35. The minimum atomic E-state index is -0.315. The van der Waals surface area contributed by atoms with Crippen molar-refractivity contribution in [1.29, 1.82) is 0 Å². The fourth-order valence-corrected chi connectivity index (χ4v) is 2.10. The summed E-state index contributed by atoms with van der Waals surface area (Å²) in [5.41, 5.74) is 0.464. The van der Waals surface area contributed by atoms with E-state index < -0.39 is 0 Å². The van der Waals surface area contributed by atoms with Gasteiger partial charge in [0.05, 0.1) is 18.9 Å². The highest BCUT2D eigenvalue weighted by Gasteiger charge is 2.18. The quantitative estimate of drug-likeness (QED) is 0.929. The van der Waals surface area contributed by atoms with Gasteiger partial charge >= 0.3 is 0 Å². The summed E-state index contributed by atoms with van der Waals surface area (Å²) < 4.78 is 11.5. The van der Waals surface area contributed by atoms with E-state index in [0.717, 1.165) is 4.47 Å². The van der Waals surface area contributed by atoms with Crippen molar-refractivity contribution in [3.05, 3.63) is 46.1 Å². The number of aryl methyl sites for hydroxylation is 1. The average molecular weight is 339 g/mol. The molecule has 5 nitrogen and oxygen atoms in total. The van der Waals surface area contributed by atoms with Gasteiger partial charge in [0.1, 0.15) is 17.6 Å². The maximum absolute atomic E-state index is 12.3. The molecule has 2 rings (SSSR count). The Labute approximate surface area is 125 Å². The predicted octanol–water partition coefficient (Wildman–Crippen LogP) is 3.25. The summed E-state index contributed by atoms with van der Waals surface area (Å²) in [5.74, 6) is 1.46. The molecule has 0 radical (unpaired) electrons. The van der Waals surface area contributed by atoms with Crippen LogP contribution in [0.5, 0.6) is 5.75 Å². The van der Waals surface area contributed by atoms with Crippen LogP contribution < -0.4 is 10.1 Å². The lowest BCUT2D eigenvalue weighted by Crippen LogP contribution is -2.27. The van der Waals surface area contributed by atoms with Crippen LogP contribution in [0.25, 0.3) is 0 Å². The van der Waals surface area contributed by atoms with Crippen LogP contribution in [0.3, 0.4) is 0 Å². The number of rotatable bonds is 4. The van der Waals surface area contributed by atoms with Crippen LogP contribution in [0.1, 0.15) is 35.0 Å². The Morgan fingerprint density at radius 1 is 1.50 bits per heavy atom. The minimum absolute atomic E-state index is 0.238. The summed E-state index contributed by atoms with van der Waals surface area (Å²) in [6, 6.07) is 4.92. The maximum atomic E-state index is 12.3. The van der Waals surface area contributed by atoms with Crippen molar-refractivity contribution in [3.8, 4) is 5.75 Å². The fourth-order valence-electron chi connectivity index (χ4n) is 1.76. The molecule has 0 aliphatic rings. The zero-order chi connectivity index (χ0) is 14.7. The Bertz CT molecular complexity index is 625. The second kappa shape index (κ2) is 6.09. The Morgan fingerprint density at radius 3 is 2.85 bits per heavy atom. The highest BCUT2D eigenvalue weighted by atomic mass is 79.9. The van der Waals surface area contributed by atoms with Gasteiger partial charge in [-0.25, -0.2) is 4.98 Å². The van der Waals surface area contributed by atoms with Gasteiger partial charge in [0.25, 0.3) is 5.91 Å². The number of oxazole rings is 1. The van der Waals surface area contributed by atoms with Gasteiger partial charge in [0.2, 0.25) is 5.89 Å². The molecule has 1 aromatic carbocycles. The van der Waals surface area contributed by atoms with E-state index in [1.54, 1.807) is 24.4 Å². The molecule has 1 aromatic heterocycles. The molecule has 0 aliphatic heterocycles. The van der Waals surface area contributed by atoms with E-state index in [-0.39, 0.29) is 11.9 Å². The molecule has 0 fully saturated rings. The molecule has 1 atom stereocenters. The van der Waals surface area contributed by atoms with Gasteiger partial charge in [-0.1, -0.05) is 15.9 Å². The smallest absolute Gasteiger partial charge is 0.255 e. The lowest BCUT2D eigenvalue weighted by Gasteiger charge is -2.13. The van der Waals surface area contributed by atoms with E-state index in [1.165, 1.54) is 7.11 Å². The first kappa shape index (κ1) is 14.6. The van der Waals surface area contributed by atoms with Gasteiger partial charge in [0, 0.05) is 4.47 Å². The predicted molar refractivity (Wildman–Crippen MR) is 77.8 cm³/mol. The topological polar surface area (TPSA) is 64.4 Å². The third kappa shape index (κ3) is 3.19. The minimum Gasteiger partial charge on any atom is -0.496 e. The molecule has 0 bridgehead atoms. The summed E-state index contributed by atoms with van der Waals surface area (Å²) in [6.45, 7) is 3.62. The summed E-state index contributed by atoms with van der Waals surface area (Å²) in [6.07, 6.45) is 1.62. The maximum Gasteiger partial charge on any atom is 0.255 e. The van der Waals surface area contributed by atoms with Crippen molar-refractivity contribution in [3.63, 3.8) is 0 Å². The standard InChI is InChI=1S/C14H15BrN2O3/c1-8-7-16-14(20-8)9(2)17-13(18)11-5-4-10(15)6-12(11)19-3/h4-7,9H,1-3H3,(H,17,18). The number of hydrogen-bond donors (Lipinski definition) is 1. The summed E-state index contributed by atoms with van der Waals surface area (Å²) >= 11 is 3.34. The fraction of sp³-hybridized carbons (Fsp3) is 0.286. The van der Waals surface area contributed by atoms with Gasteiger partial charge in [-0.3, -0.25) is 4.79 Å². The number of amides is 1. The number of carbonyl (C=O) groups is 1. The monoisotopic (exact) mass is 338 g/mol. The first-order valence-corrected chi connectivity index (χ1v) is 6.87. The Hall–Kier alpha value is -1.82. The van der Waals surface area contributed by atoms with Gasteiger partial charge in [-0.15, -0.1) is 0 Å². The molecule has 1 unspecified atom stereocenters. The van der Waals surface area contributed by atoms with Crippen LogP contribution in [0.4, 0.5) is 0 Å². The number of aromatic nitrogens is 1. The van der Waals surface area contributed by atoms with Crippen molar-refractivity contribution in [2.75, 3.05) is 7.11 Å². The number of nitrogens with zero attached hydrogens (tertiary/aromatic N) is 1. The largest absolute Gasteiger partial charge is 0.496 e. The van der Waals surface area contributed by atoms with Crippen molar-refractivity contribution in [2.24, 2.45) is 0 Å². The Balaban J connectivity index is 2.16. The van der Waals surface area contributed by atoms with Crippen molar-refractivity contribution in [1.82, 2.24) is 10.3 Å². The molecule has 20 heavy (non-hydrogen) atoms. The van der Waals surface area contributed by atoms with Crippen LogP contribution in [0, 0.1) is 6.92 Å². The normalized spacial score (nSPS) is 12.0. The first-order chi connectivity index (χ1) is 9.51. The lowest BCUT2D eigenvalue weighted by molar-refractivity contribution is 0.0931. The molecule has 0 saturated carbocycles. The summed E-state index contributed by atoms with van der Waals surface area (Å²) in [4.78, 5) is 16.3. The molecule has 1 heterocycles. The van der Waals surface area contributed by atoms with E-state index in [1.807, 2.05) is 13.8 Å². The van der Waals surface area contributed by atoms with Gasteiger partial charge < -0.3 is 14.5 Å². The number of benzene rings is 1. The third-order valence-corrected chi connectivity index (χ3v) is 3.26. The zero-order valence-electron chi connectivity index (χ0n) is 11.4. The van der Waals surface area contributed by atoms with E-state index in [2.05, 4.69) is 26.2 Å². The highest BCUT2D eigenvalue weighted by molar-refractivity contribution is 9.10. The third-order valence-electron chi connectivity index (χ3n) is 2.77. The number of carbonyl (C=O) groups excluding carboxylic acids is 1. The van der Waals surface area contributed by atoms with Crippen LogP contribution in [-0.4, -0.2) is 18.0 Å². The van der Waals surface area contributed by atoms with Crippen molar-refractivity contribution < 1.29 is 13.9 Å². The van der Waals surface area contributed by atoms with E-state index in [9.17, 15) is 4.79 Å². The van der Waals surface area contributed by atoms with E-state index in [4.69, 9.17) is 9.15 Å². The first-order valence-electron chi connectivity index (χ1n) is 6.08. The molecule has 2 aromatic rings. The van der Waals surface area contributed by atoms with Crippen molar-refractivity contribution in [2.45, 2.75) is 19.9 Å². The molecule has 6 heteroatoms. The van der Waals surface area contributed by atoms with E-state index in [0.29, 0.717) is 23.0 Å². The van der Waals surface area contributed by atoms with Crippen LogP contribution in [0.2, 0.25) is 0 Å². The molecular formula is C14H15BrN2O3. The van der Waals surface area contributed by atoms with Gasteiger partial charge in [-0.2, -0.15) is 0 Å². The number of methoxy groups -OCH3 is 1. The Kier molecular flexibility index (Phi) is 4.44. The molecule has 0 aliphatic carbocycles. The lowest BCUT2D eigenvalue weighted by atomic mass is 10.1. The van der Waals surface area contributed by atoms with Crippen LogP contribution in [-0.2, 0) is 0 Å². The molecule has 106 valence electrons. The molecular weight excluding hydrogens is 324 g/mol. The molecule has 1 amide bonds. The zero-order valence-corrected chi connectivity index (χ0v) is 13.0. The SMILES string of the molecule is COc1cc(Br)ccc1C(=O)NC(C)c1ncc(C)o1.